The van der Waals surface area contributed by atoms with E-state index in [1.165, 1.54) is 0 Å². The molecule has 2 amide bonds. The summed E-state index contributed by atoms with van der Waals surface area (Å²) in [6.07, 6.45) is 1.50. The Kier molecular flexibility index (Phi) is 4.62. The first-order chi connectivity index (χ1) is 11.9. The minimum atomic E-state index is -0.143. The Labute approximate surface area is 148 Å². The molecule has 2 aromatic rings. The van der Waals surface area contributed by atoms with Crippen molar-refractivity contribution >= 4 is 23.2 Å². The van der Waals surface area contributed by atoms with Crippen molar-refractivity contribution in [3.8, 4) is 0 Å². The maximum atomic E-state index is 12.6. The van der Waals surface area contributed by atoms with Crippen LogP contribution in [0.1, 0.15) is 49.5 Å². The third-order valence-corrected chi connectivity index (χ3v) is 4.50. The second kappa shape index (κ2) is 6.71. The molecule has 0 spiro atoms. The van der Waals surface area contributed by atoms with Gasteiger partial charge >= 0.3 is 0 Å². The van der Waals surface area contributed by atoms with E-state index in [1.807, 2.05) is 36.4 Å². The van der Waals surface area contributed by atoms with Gasteiger partial charge in [-0.05, 0) is 47.7 Å². The van der Waals surface area contributed by atoms with Crippen molar-refractivity contribution in [3.63, 3.8) is 0 Å². The van der Waals surface area contributed by atoms with Gasteiger partial charge in [0.25, 0.3) is 5.91 Å². The summed E-state index contributed by atoms with van der Waals surface area (Å²) >= 11 is 0. The lowest BCUT2D eigenvalue weighted by atomic mass is 9.86. The van der Waals surface area contributed by atoms with Crippen LogP contribution >= 0.6 is 0 Å². The Morgan fingerprint density at radius 3 is 2.32 bits per heavy atom. The van der Waals surface area contributed by atoms with Gasteiger partial charge in [-0.1, -0.05) is 39.0 Å². The Hall–Kier alpha value is -2.62. The molecule has 4 nitrogen and oxygen atoms in total. The van der Waals surface area contributed by atoms with Gasteiger partial charge in [0.15, 0.2) is 0 Å². The Bertz CT molecular complexity index is 788. The quantitative estimate of drug-likeness (QED) is 0.905. The van der Waals surface area contributed by atoms with Gasteiger partial charge in [-0.25, -0.2) is 0 Å². The van der Waals surface area contributed by atoms with Crippen molar-refractivity contribution < 1.29 is 9.59 Å². The molecule has 0 radical (unpaired) electrons. The molecule has 1 saturated heterocycles. The fourth-order valence-electron chi connectivity index (χ4n) is 3.15. The zero-order valence-corrected chi connectivity index (χ0v) is 15.0. The normalized spacial score (nSPS) is 14.7. The predicted molar refractivity (Wildman–Crippen MR) is 101 cm³/mol. The smallest absolute Gasteiger partial charge is 0.255 e. The van der Waals surface area contributed by atoms with E-state index in [-0.39, 0.29) is 17.2 Å². The van der Waals surface area contributed by atoms with E-state index >= 15 is 0 Å². The first-order valence-corrected chi connectivity index (χ1v) is 8.67. The number of nitrogens with zero attached hydrogens (tertiary/aromatic N) is 1. The van der Waals surface area contributed by atoms with Crippen LogP contribution in [0, 0.1) is 0 Å². The third-order valence-electron chi connectivity index (χ3n) is 4.50. The van der Waals surface area contributed by atoms with Gasteiger partial charge in [0.2, 0.25) is 5.91 Å². The summed E-state index contributed by atoms with van der Waals surface area (Å²) in [6.45, 7) is 7.13. The van der Waals surface area contributed by atoms with Crippen molar-refractivity contribution in [2.75, 3.05) is 16.8 Å². The molecule has 0 bridgehead atoms. The number of hydrogen-bond donors (Lipinski definition) is 1. The van der Waals surface area contributed by atoms with Gasteiger partial charge in [-0.15, -0.1) is 0 Å². The predicted octanol–water partition coefficient (Wildman–Crippen LogP) is 4.36. The monoisotopic (exact) mass is 336 g/mol. The highest BCUT2D eigenvalue weighted by Gasteiger charge is 2.22. The summed E-state index contributed by atoms with van der Waals surface area (Å²) in [7, 11) is 0. The second-order valence-electron chi connectivity index (χ2n) is 7.45. The van der Waals surface area contributed by atoms with E-state index < -0.39 is 0 Å². The largest absolute Gasteiger partial charge is 0.322 e. The fourth-order valence-corrected chi connectivity index (χ4v) is 3.15. The molecule has 1 aliphatic heterocycles. The average Bonchev–Trinajstić information content (AvgIpc) is 3.00. The number of carbonyl (C=O) groups excluding carboxylic acids is 2. The average molecular weight is 336 g/mol. The lowest BCUT2D eigenvalue weighted by Gasteiger charge is -2.23. The SMILES string of the molecule is CC(C)(C)c1ccccc1NC(=O)c1ccc(N2CCCC2=O)cc1. The number of amides is 2. The highest BCUT2D eigenvalue weighted by Crippen LogP contribution is 2.29. The molecule has 3 rings (SSSR count). The number of carbonyl (C=O) groups is 2. The molecule has 1 fully saturated rings. The van der Waals surface area contributed by atoms with Crippen LogP contribution in [0.15, 0.2) is 48.5 Å². The summed E-state index contributed by atoms with van der Waals surface area (Å²) in [5.41, 5.74) is 3.32. The Morgan fingerprint density at radius 1 is 1.04 bits per heavy atom. The van der Waals surface area contributed by atoms with Crippen molar-refractivity contribution in [3.05, 3.63) is 59.7 Å². The van der Waals surface area contributed by atoms with Gasteiger partial charge in [0, 0.05) is 29.9 Å². The summed E-state index contributed by atoms with van der Waals surface area (Å²) in [5.74, 6) is 0.00676. The first-order valence-electron chi connectivity index (χ1n) is 8.67. The number of para-hydroxylation sites is 1. The molecule has 1 aliphatic rings. The van der Waals surface area contributed by atoms with Gasteiger partial charge in [0.1, 0.15) is 0 Å². The number of nitrogens with one attached hydrogen (secondary N) is 1. The van der Waals surface area contributed by atoms with Crippen molar-refractivity contribution in [1.29, 1.82) is 0 Å². The Morgan fingerprint density at radius 2 is 1.72 bits per heavy atom. The molecule has 1 N–H and O–H groups in total. The molecular weight excluding hydrogens is 312 g/mol. The topological polar surface area (TPSA) is 49.4 Å². The summed E-state index contributed by atoms with van der Waals surface area (Å²) < 4.78 is 0. The number of anilines is 2. The zero-order chi connectivity index (χ0) is 18.0. The van der Waals surface area contributed by atoms with Crippen LogP contribution in [0.5, 0.6) is 0 Å². The molecule has 0 unspecified atom stereocenters. The number of benzene rings is 2. The molecule has 130 valence electrons. The van der Waals surface area contributed by atoms with Crippen molar-refractivity contribution in [1.82, 2.24) is 0 Å². The van der Waals surface area contributed by atoms with Gasteiger partial charge in [-0.2, -0.15) is 0 Å². The highest BCUT2D eigenvalue weighted by molar-refractivity contribution is 6.05. The standard InChI is InChI=1S/C21H24N2O2/c1-21(2,3)17-7-4-5-8-18(17)22-20(25)15-10-12-16(13-11-15)23-14-6-9-19(23)24/h4-5,7-8,10-13H,6,9,14H2,1-3H3,(H,22,25). The zero-order valence-electron chi connectivity index (χ0n) is 15.0. The van der Waals surface area contributed by atoms with E-state index in [0.29, 0.717) is 12.0 Å². The molecule has 2 aromatic carbocycles. The van der Waals surface area contributed by atoms with Crippen LogP contribution in [0.2, 0.25) is 0 Å². The third kappa shape index (κ3) is 3.73. The van der Waals surface area contributed by atoms with Crippen molar-refractivity contribution in [2.45, 2.75) is 39.0 Å². The molecule has 0 aliphatic carbocycles. The van der Waals surface area contributed by atoms with Gasteiger partial charge in [0.05, 0.1) is 0 Å². The van der Waals surface area contributed by atoms with Crippen LogP contribution in [0.25, 0.3) is 0 Å². The van der Waals surface area contributed by atoms with E-state index in [1.54, 1.807) is 17.0 Å². The van der Waals surface area contributed by atoms with E-state index in [0.717, 1.165) is 29.9 Å². The van der Waals surface area contributed by atoms with Crippen LogP contribution in [-0.2, 0) is 10.2 Å². The number of rotatable bonds is 3. The van der Waals surface area contributed by atoms with Crippen molar-refractivity contribution in [2.24, 2.45) is 0 Å². The second-order valence-corrected chi connectivity index (χ2v) is 7.45. The fraction of sp³-hybridized carbons (Fsp3) is 0.333. The lowest BCUT2D eigenvalue weighted by Crippen LogP contribution is -2.23. The first kappa shape index (κ1) is 17.2. The van der Waals surface area contributed by atoms with E-state index in [2.05, 4.69) is 26.1 Å². The molecule has 0 saturated carbocycles. The molecular formula is C21H24N2O2. The minimum absolute atomic E-state index is 0.0517. The van der Waals surface area contributed by atoms with E-state index in [4.69, 9.17) is 0 Å². The maximum absolute atomic E-state index is 12.6. The van der Waals surface area contributed by atoms with Gasteiger partial charge in [-0.3, -0.25) is 9.59 Å². The Balaban J connectivity index is 1.77. The molecule has 4 heteroatoms. The lowest BCUT2D eigenvalue weighted by molar-refractivity contribution is -0.117. The molecule has 25 heavy (non-hydrogen) atoms. The molecule has 0 atom stereocenters. The summed E-state index contributed by atoms with van der Waals surface area (Å²) in [4.78, 5) is 26.2. The van der Waals surface area contributed by atoms with Crippen LogP contribution < -0.4 is 10.2 Å². The maximum Gasteiger partial charge on any atom is 0.255 e. The molecule has 1 heterocycles. The van der Waals surface area contributed by atoms with Gasteiger partial charge < -0.3 is 10.2 Å². The van der Waals surface area contributed by atoms with Crippen LogP contribution in [-0.4, -0.2) is 18.4 Å². The highest BCUT2D eigenvalue weighted by atomic mass is 16.2. The van der Waals surface area contributed by atoms with Crippen LogP contribution in [0.3, 0.4) is 0 Å². The van der Waals surface area contributed by atoms with E-state index in [9.17, 15) is 9.59 Å². The molecule has 0 aromatic heterocycles. The summed E-state index contributed by atoms with van der Waals surface area (Å²) in [6, 6.07) is 15.1. The summed E-state index contributed by atoms with van der Waals surface area (Å²) in [5, 5.41) is 3.01. The minimum Gasteiger partial charge on any atom is -0.322 e. The van der Waals surface area contributed by atoms with Crippen LogP contribution in [0.4, 0.5) is 11.4 Å². The number of hydrogen-bond acceptors (Lipinski definition) is 2.